The molecule has 0 aliphatic rings. The maximum atomic E-state index is 12.3. The summed E-state index contributed by atoms with van der Waals surface area (Å²) in [6, 6.07) is 2.95. The number of anilines is 1. The van der Waals surface area contributed by atoms with Crippen molar-refractivity contribution in [2.24, 2.45) is 5.73 Å². The molecule has 1 aromatic rings. The molecule has 0 amide bonds. The third-order valence-corrected chi connectivity index (χ3v) is 2.11. The average Bonchev–Trinajstić information content (AvgIpc) is 2.27. The maximum absolute atomic E-state index is 12.3. The standard InChI is InChI=1S/C10H14F3N3O/c11-10(12,13)7-16(3-4-17)9-1-2-15-8(5-9)6-14/h1-2,5,17H,3-4,6-7,14H2. The molecule has 1 heterocycles. The van der Waals surface area contributed by atoms with E-state index in [0.29, 0.717) is 11.4 Å². The van der Waals surface area contributed by atoms with Gasteiger partial charge >= 0.3 is 6.18 Å². The number of nitrogens with zero attached hydrogens (tertiary/aromatic N) is 2. The molecule has 0 aromatic carbocycles. The summed E-state index contributed by atoms with van der Waals surface area (Å²) in [5.74, 6) is 0. The lowest BCUT2D eigenvalue weighted by atomic mass is 10.3. The van der Waals surface area contributed by atoms with Crippen LogP contribution in [0.15, 0.2) is 18.3 Å². The first kappa shape index (κ1) is 13.7. The van der Waals surface area contributed by atoms with Gasteiger partial charge in [0.2, 0.25) is 0 Å². The summed E-state index contributed by atoms with van der Waals surface area (Å²) in [6.45, 7) is -1.39. The van der Waals surface area contributed by atoms with E-state index in [0.717, 1.165) is 4.90 Å². The zero-order valence-corrected chi connectivity index (χ0v) is 9.11. The van der Waals surface area contributed by atoms with Crippen LogP contribution < -0.4 is 10.6 Å². The number of pyridine rings is 1. The van der Waals surface area contributed by atoms with Gasteiger partial charge in [-0.15, -0.1) is 0 Å². The lowest BCUT2D eigenvalue weighted by Crippen LogP contribution is -2.36. The molecule has 1 rings (SSSR count). The van der Waals surface area contributed by atoms with Crippen LogP contribution in [-0.4, -0.2) is 36.0 Å². The summed E-state index contributed by atoms with van der Waals surface area (Å²) < 4.78 is 37.0. The van der Waals surface area contributed by atoms with Crippen molar-refractivity contribution in [3.8, 4) is 0 Å². The van der Waals surface area contributed by atoms with Gasteiger partial charge in [-0.05, 0) is 12.1 Å². The zero-order chi connectivity index (χ0) is 12.9. The van der Waals surface area contributed by atoms with Gasteiger partial charge in [0, 0.05) is 25.0 Å². The van der Waals surface area contributed by atoms with E-state index < -0.39 is 12.7 Å². The number of alkyl halides is 3. The predicted molar refractivity (Wildman–Crippen MR) is 57.5 cm³/mol. The second-order valence-corrected chi connectivity index (χ2v) is 3.47. The SMILES string of the molecule is NCc1cc(N(CCO)CC(F)(F)F)ccn1. The highest BCUT2D eigenvalue weighted by atomic mass is 19.4. The third-order valence-electron chi connectivity index (χ3n) is 2.11. The molecule has 3 N–H and O–H groups in total. The minimum atomic E-state index is -4.32. The molecule has 0 unspecified atom stereocenters. The van der Waals surface area contributed by atoms with Crippen LogP contribution in [0.1, 0.15) is 5.69 Å². The summed E-state index contributed by atoms with van der Waals surface area (Å²) in [5.41, 5.74) is 6.23. The van der Waals surface area contributed by atoms with Crippen LogP contribution in [0, 0.1) is 0 Å². The summed E-state index contributed by atoms with van der Waals surface area (Å²) in [6.07, 6.45) is -2.92. The molecule has 0 atom stereocenters. The second-order valence-electron chi connectivity index (χ2n) is 3.47. The van der Waals surface area contributed by atoms with Crippen LogP contribution in [0.25, 0.3) is 0 Å². The van der Waals surface area contributed by atoms with E-state index in [9.17, 15) is 13.2 Å². The van der Waals surface area contributed by atoms with Crippen molar-refractivity contribution in [1.82, 2.24) is 4.98 Å². The Kier molecular flexibility index (Phi) is 4.71. The first-order valence-corrected chi connectivity index (χ1v) is 5.04. The second kappa shape index (κ2) is 5.83. The Morgan fingerprint density at radius 2 is 2.12 bits per heavy atom. The molecule has 0 spiro atoms. The molecule has 1 aromatic heterocycles. The molecular formula is C10H14F3N3O. The number of hydrogen-bond donors (Lipinski definition) is 2. The van der Waals surface area contributed by atoms with Crippen LogP contribution in [0.5, 0.6) is 0 Å². The molecule has 96 valence electrons. The zero-order valence-electron chi connectivity index (χ0n) is 9.11. The summed E-state index contributed by atoms with van der Waals surface area (Å²) in [7, 11) is 0. The van der Waals surface area contributed by atoms with Gasteiger partial charge in [-0.3, -0.25) is 4.98 Å². The Morgan fingerprint density at radius 1 is 1.41 bits per heavy atom. The number of aliphatic hydroxyl groups is 1. The van der Waals surface area contributed by atoms with Crippen molar-refractivity contribution < 1.29 is 18.3 Å². The van der Waals surface area contributed by atoms with Gasteiger partial charge in [0.15, 0.2) is 0 Å². The molecule has 7 heteroatoms. The molecule has 0 aliphatic carbocycles. The highest BCUT2D eigenvalue weighted by Gasteiger charge is 2.30. The fourth-order valence-electron chi connectivity index (χ4n) is 1.41. The molecular weight excluding hydrogens is 235 g/mol. The van der Waals surface area contributed by atoms with Gasteiger partial charge in [0.1, 0.15) is 6.54 Å². The smallest absolute Gasteiger partial charge is 0.395 e. The van der Waals surface area contributed by atoms with Crippen LogP contribution in [0.3, 0.4) is 0 Å². The van der Waals surface area contributed by atoms with Crippen LogP contribution in [0.2, 0.25) is 0 Å². The lowest BCUT2D eigenvalue weighted by Gasteiger charge is -2.25. The van der Waals surface area contributed by atoms with Gasteiger partial charge < -0.3 is 15.7 Å². The largest absolute Gasteiger partial charge is 0.405 e. The Morgan fingerprint density at radius 3 is 2.65 bits per heavy atom. The lowest BCUT2D eigenvalue weighted by molar-refractivity contribution is -0.119. The third kappa shape index (κ3) is 4.58. The van der Waals surface area contributed by atoms with Crippen LogP contribution in [-0.2, 0) is 6.54 Å². The van der Waals surface area contributed by atoms with E-state index in [2.05, 4.69) is 4.98 Å². The normalized spacial score (nSPS) is 11.6. The van der Waals surface area contributed by atoms with Gasteiger partial charge in [-0.2, -0.15) is 13.2 Å². The number of nitrogens with two attached hydrogens (primary N) is 1. The Bertz CT molecular complexity index is 357. The highest BCUT2D eigenvalue weighted by Crippen LogP contribution is 2.21. The van der Waals surface area contributed by atoms with Crippen molar-refractivity contribution in [1.29, 1.82) is 0 Å². The molecule has 0 aliphatic heterocycles. The maximum Gasteiger partial charge on any atom is 0.405 e. The molecule has 0 saturated heterocycles. The molecule has 0 bridgehead atoms. The van der Waals surface area contributed by atoms with E-state index in [1.807, 2.05) is 0 Å². The summed E-state index contributed by atoms with van der Waals surface area (Å²) in [5, 5.41) is 8.77. The van der Waals surface area contributed by atoms with Crippen LogP contribution >= 0.6 is 0 Å². The Balaban J connectivity index is 2.88. The number of hydrogen-bond acceptors (Lipinski definition) is 4. The fourth-order valence-corrected chi connectivity index (χ4v) is 1.41. The van der Waals surface area contributed by atoms with Crippen LogP contribution in [0.4, 0.5) is 18.9 Å². The Labute approximate surface area is 96.9 Å². The van der Waals surface area contributed by atoms with E-state index in [1.165, 1.54) is 18.3 Å². The quantitative estimate of drug-likeness (QED) is 0.814. The number of halogens is 3. The molecule has 0 fully saturated rings. The Hall–Kier alpha value is -1.34. The first-order chi connectivity index (χ1) is 7.96. The molecule has 0 saturated carbocycles. The summed E-state index contributed by atoms with van der Waals surface area (Å²) >= 11 is 0. The monoisotopic (exact) mass is 249 g/mol. The minimum absolute atomic E-state index is 0.0897. The first-order valence-electron chi connectivity index (χ1n) is 5.04. The number of rotatable bonds is 5. The molecule has 0 radical (unpaired) electrons. The van der Waals surface area contributed by atoms with E-state index in [4.69, 9.17) is 10.8 Å². The van der Waals surface area contributed by atoms with Gasteiger partial charge in [-0.25, -0.2) is 0 Å². The van der Waals surface area contributed by atoms with Gasteiger partial charge in [0.05, 0.1) is 12.3 Å². The van der Waals surface area contributed by atoms with Crippen molar-refractivity contribution in [3.05, 3.63) is 24.0 Å². The molecule has 4 nitrogen and oxygen atoms in total. The van der Waals surface area contributed by atoms with Crippen molar-refractivity contribution >= 4 is 5.69 Å². The minimum Gasteiger partial charge on any atom is -0.395 e. The average molecular weight is 249 g/mol. The molecule has 17 heavy (non-hydrogen) atoms. The van der Waals surface area contributed by atoms with E-state index in [-0.39, 0.29) is 19.7 Å². The van der Waals surface area contributed by atoms with Gasteiger partial charge in [-0.1, -0.05) is 0 Å². The topological polar surface area (TPSA) is 62.4 Å². The van der Waals surface area contributed by atoms with E-state index in [1.54, 1.807) is 0 Å². The van der Waals surface area contributed by atoms with Crippen molar-refractivity contribution in [3.63, 3.8) is 0 Å². The number of aliphatic hydroxyl groups excluding tert-OH is 1. The summed E-state index contributed by atoms with van der Waals surface area (Å²) in [4.78, 5) is 4.94. The predicted octanol–water partition coefficient (Wildman–Crippen LogP) is 0.901. The van der Waals surface area contributed by atoms with E-state index >= 15 is 0 Å². The fraction of sp³-hybridized carbons (Fsp3) is 0.500. The van der Waals surface area contributed by atoms with Crippen molar-refractivity contribution in [2.75, 3.05) is 24.6 Å². The van der Waals surface area contributed by atoms with Gasteiger partial charge in [0.25, 0.3) is 0 Å². The van der Waals surface area contributed by atoms with Crippen molar-refractivity contribution in [2.45, 2.75) is 12.7 Å². The highest BCUT2D eigenvalue weighted by molar-refractivity contribution is 5.46. The number of aromatic nitrogens is 1.